The van der Waals surface area contributed by atoms with Crippen molar-refractivity contribution in [2.75, 3.05) is 12.4 Å². The van der Waals surface area contributed by atoms with Gasteiger partial charge in [-0.05, 0) is 25.0 Å². The second kappa shape index (κ2) is 9.05. The molecule has 0 aliphatic heterocycles. The summed E-state index contributed by atoms with van der Waals surface area (Å²) < 4.78 is 5.13. The maximum atomic E-state index is 12.2. The molecule has 2 amide bonds. The van der Waals surface area contributed by atoms with Crippen molar-refractivity contribution in [1.29, 1.82) is 0 Å². The highest BCUT2D eigenvalue weighted by Crippen LogP contribution is 2.18. The van der Waals surface area contributed by atoms with Crippen LogP contribution in [0.15, 0.2) is 54.6 Å². The van der Waals surface area contributed by atoms with Crippen molar-refractivity contribution in [3.63, 3.8) is 0 Å². The number of rotatable bonds is 7. The van der Waals surface area contributed by atoms with E-state index in [0.29, 0.717) is 18.7 Å². The Kier molecular flexibility index (Phi) is 6.78. The average Bonchev–Trinajstić information content (AvgIpc) is 2.57. The molecule has 2 aromatic carbocycles. The second-order valence-corrected chi connectivity index (χ2v) is 5.75. The molecule has 0 aliphatic carbocycles. The molecule has 0 aliphatic rings. The van der Waals surface area contributed by atoms with Crippen LogP contribution < -0.4 is 10.6 Å². The Morgan fingerprint density at radius 1 is 1.12 bits per heavy atom. The normalized spacial score (nSPS) is 13.1. The van der Waals surface area contributed by atoms with Crippen LogP contribution >= 0.6 is 0 Å². The molecule has 0 saturated heterocycles. The number of hydrogen-bond acceptors (Lipinski definition) is 3. The monoisotopic (exact) mass is 328 g/mol. The first-order chi connectivity index (χ1) is 11.6. The Bertz CT molecular complexity index is 646. The first kappa shape index (κ1) is 18.0. The number of nitrogens with one attached hydrogen (secondary N) is 2. The highest BCUT2D eigenvalue weighted by atomic mass is 16.5. The summed E-state index contributed by atoms with van der Waals surface area (Å²) in [6.45, 7) is 2.30. The fourth-order valence-electron chi connectivity index (χ4n) is 2.51. The lowest BCUT2D eigenvalue weighted by molar-refractivity contribution is 0.155. The quantitative estimate of drug-likeness (QED) is 0.729. The van der Waals surface area contributed by atoms with Crippen LogP contribution in [0.1, 0.15) is 30.6 Å². The number of aliphatic hydroxyl groups excluding tert-OH is 1. The van der Waals surface area contributed by atoms with Gasteiger partial charge in [0, 0.05) is 24.4 Å². The number of hydrogen-bond donors (Lipinski definition) is 3. The molecule has 128 valence electrons. The van der Waals surface area contributed by atoms with Crippen LogP contribution in [0.25, 0.3) is 0 Å². The molecule has 0 bridgehead atoms. The maximum Gasteiger partial charge on any atom is 0.319 e. The summed E-state index contributed by atoms with van der Waals surface area (Å²) >= 11 is 0. The molecule has 2 unspecified atom stereocenters. The third-order valence-corrected chi connectivity index (χ3v) is 3.70. The summed E-state index contributed by atoms with van der Waals surface area (Å²) in [7, 11) is 1.61. The van der Waals surface area contributed by atoms with Crippen molar-refractivity contribution in [3.8, 4) is 0 Å². The predicted octanol–water partition coefficient (Wildman–Crippen LogP) is 3.47. The Morgan fingerprint density at radius 2 is 1.79 bits per heavy atom. The van der Waals surface area contributed by atoms with E-state index in [1.807, 2.05) is 61.5 Å². The predicted molar refractivity (Wildman–Crippen MR) is 94.8 cm³/mol. The van der Waals surface area contributed by atoms with E-state index >= 15 is 0 Å². The van der Waals surface area contributed by atoms with Gasteiger partial charge in [0.15, 0.2) is 0 Å². The first-order valence-electron chi connectivity index (χ1n) is 7.97. The minimum Gasteiger partial charge on any atom is -0.388 e. The number of benzene rings is 2. The van der Waals surface area contributed by atoms with Crippen LogP contribution in [0.2, 0.25) is 0 Å². The molecule has 5 heteroatoms. The fraction of sp³-hybridized carbons (Fsp3) is 0.316. The molecule has 0 spiro atoms. The van der Waals surface area contributed by atoms with E-state index in [-0.39, 0.29) is 12.1 Å². The van der Waals surface area contributed by atoms with Gasteiger partial charge in [-0.15, -0.1) is 0 Å². The molecule has 3 N–H and O–H groups in total. The van der Waals surface area contributed by atoms with Gasteiger partial charge in [0.2, 0.25) is 0 Å². The van der Waals surface area contributed by atoms with Crippen LogP contribution in [0.3, 0.4) is 0 Å². The van der Waals surface area contributed by atoms with Gasteiger partial charge in [-0.1, -0.05) is 48.5 Å². The van der Waals surface area contributed by atoms with Gasteiger partial charge in [-0.3, -0.25) is 0 Å². The molecule has 24 heavy (non-hydrogen) atoms. The van der Waals surface area contributed by atoms with Crippen LogP contribution in [0.5, 0.6) is 0 Å². The average molecular weight is 328 g/mol. The Labute approximate surface area is 142 Å². The van der Waals surface area contributed by atoms with Crippen molar-refractivity contribution in [2.24, 2.45) is 0 Å². The molecular weight excluding hydrogens is 304 g/mol. The lowest BCUT2D eigenvalue weighted by atomic mass is 10.0. The highest BCUT2D eigenvalue weighted by molar-refractivity contribution is 5.90. The van der Waals surface area contributed by atoms with E-state index in [2.05, 4.69) is 10.6 Å². The lowest BCUT2D eigenvalue weighted by Gasteiger charge is -2.19. The van der Waals surface area contributed by atoms with E-state index in [0.717, 1.165) is 11.1 Å². The van der Waals surface area contributed by atoms with Gasteiger partial charge >= 0.3 is 6.03 Å². The number of carbonyl (C=O) groups is 1. The summed E-state index contributed by atoms with van der Waals surface area (Å²) in [6.07, 6.45) is -0.167. The summed E-state index contributed by atoms with van der Waals surface area (Å²) in [4.78, 5) is 12.2. The summed E-state index contributed by atoms with van der Waals surface area (Å²) in [5.74, 6) is 0. The minimum absolute atomic E-state index is 0.171. The molecule has 0 fully saturated rings. The molecular formula is C19H24N2O3. The number of anilines is 1. The Hall–Kier alpha value is -2.37. The standard InChI is InChI=1S/C19H24N2O3/c1-14(12-18(22)15-8-4-3-5-9-15)20-19(23)21-17-11-7-6-10-16(17)13-24-2/h3-11,14,18,22H,12-13H2,1-2H3,(H2,20,21,23). The zero-order chi connectivity index (χ0) is 17.4. The minimum atomic E-state index is -0.609. The topological polar surface area (TPSA) is 70.6 Å². The van der Waals surface area contributed by atoms with Gasteiger partial charge in [0.05, 0.1) is 12.7 Å². The van der Waals surface area contributed by atoms with Crippen molar-refractivity contribution in [1.82, 2.24) is 5.32 Å². The molecule has 2 rings (SSSR count). The lowest BCUT2D eigenvalue weighted by Crippen LogP contribution is -2.37. The Balaban J connectivity index is 1.88. The van der Waals surface area contributed by atoms with Crippen molar-refractivity contribution >= 4 is 11.7 Å². The van der Waals surface area contributed by atoms with E-state index in [1.165, 1.54) is 0 Å². The van der Waals surface area contributed by atoms with E-state index in [9.17, 15) is 9.90 Å². The van der Waals surface area contributed by atoms with Crippen molar-refractivity contribution in [3.05, 3.63) is 65.7 Å². The number of ether oxygens (including phenoxy) is 1. The molecule has 2 atom stereocenters. The third kappa shape index (κ3) is 5.37. The van der Waals surface area contributed by atoms with E-state index in [1.54, 1.807) is 7.11 Å². The molecule has 0 aromatic heterocycles. The van der Waals surface area contributed by atoms with Crippen LogP contribution in [-0.2, 0) is 11.3 Å². The number of aliphatic hydroxyl groups is 1. The third-order valence-electron chi connectivity index (χ3n) is 3.70. The summed E-state index contributed by atoms with van der Waals surface area (Å²) in [5.41, 5.74) is 2.47. The van der Waals surface area contributed by atoms with E-state index in [4.69, 9.17) is 4.74 Å². The maximum absolute atomic E-state index is 12.2. The van der Waals surface area contributed by atoms with Crippen LogP contribution in [0, 0.1) is 0 Å². The number of amides is 2. The highest BCUT2D eigenvalue weighted by Gasteiger charge is 2.15. The second-order valence-electron chi connectivity index (χ2n) is 5.75. The van der Waals surface area contributed by atoms with Crippen LogP contribution in [0.4, 0.5) is 10.5 Å². The number of carbonyl (C=O) groups excluding carboxylic acids is 1. The largest absolute Gasteiger partial charge is 0.388 e. The van der Waals surface area contributed by atoms with Gasteiger partial charge < -0.3 is 20.5 Å². The van der Waals surface area contributed by atoms with Gasteiger partial charge in [-0.25, -0.2) is 4.79 Å². The SMILES string of the molecule is COCc1ccccc1NC(=O)NC(C)CC(O)c1ccccc1. The zero-order valence-corrected chi connectivity index (χ0v) is 14.0. The van der Waals surface area contributed by atoms with E-state index < -0.39 is 6.10 Å². The fourth-order valence-corrected chi connectivity index (χ4v) is 2.51. The summed E-state index contributed by atoms with van der Waals surface area (Å²) in [5, 5.41) is 15.9. The zero-order valence-electron chi connectivity index (χ0n) is 14.0. The first-order valence-corrected chi connectivity index (χ1v) is 7.97. The van der Waals surface area contributed by atoms with Crippen molar-refractivity contribution in [2.45, 2.75) is 32.1 Å². The Morgan fingerprint density at radius 3 is 2.50 bits per heavy atom. The number of urea groups is 1. The molecule has 2 aromatic rings. The number of methoxy groups -OCH3 is 1. The molecule has 0 radical (unpaired) electrons. The summed E-state index contributed by atoms with van der Waals surface area (Å²) in [6, 6.07) is 16.4. The number of para-hydroxylation sites is 1. The smallest absolute Gasteiger partial charge is 0.319 e. The molecule has 5 nitrogen and oxygen atoms in total. The molecule has 0 heterocycles. The van der Waals surface area contributed by atoms with Gasteiger partial charge in [0.25, 0.3) is 0 Å². The van der Waals surface area contributed by atoms with Crippen molar-refractivity contribution < 1.29 is 14.6 Å². The van der Waals surface area contributed by atoms with Gasteiger partial charge in [-0.2, -0.15) is 0 Å². The molecule has 0 saturated carbocycles. The van der Waals surface area contributed by atoms with Crippen LogP contribution in [-0.4, -0.2) is 24.3 Å². The van der Waals surface area contributed by atoms with Gasteiger partial charge in [0.1, 0.15) is 0 Å².